The average molecular weight is 537 g/mol. The third-order valence-corrected chi connectivity index (χ3v) is 6.40. The van der Waals surface area contributed by atoms with Crippen molar-refractivity contribution in [3.05, 3.63) is 94.7 Å². The highest BCUT2D eigenvalue weighted by Gasteiger charge is 2.18. The summed E-state index contributed by atoms with van der Waals surface area (Å²) in [4.78, 5) is 28.5. The van der Waals surface area contributed by atoms with Crippen LogP contribution in [0.4, 0.5) is 5.82 Å². The summed E-state index contributed by atoms with van der Waals surface area (Å²) in [6, 6.07) is 19.6. The summed E-state index contributed by atoms with van der Waals surface area (Å²) in [7, 11) is 0. The molecular weight excluding hydrogens is 511 g/mol. The lowest BCUT2D eigenvalue weighted by Gasteiger charge is -2.16. The van der Waals surface area contributed by atoms with Crippen molar-refractivity contribution in [3.8, 4) is 16.9 Å². The Kier molecular flexibility index (Phi) is 8.77. The largest absolute Gasteiger partial charge is 0.370 e. The fourth-order valence-corrected chi connectivity index (χ4v) is 4.07. The molecule has 190 valence electrons. The van der Waals surface area contributed by atoms with E-state index in [1.54, 1.807) is 29.2 Å². The Balaban J connectivity index is 1.40. The van der Waals surface area contributed by atoms with Crippen LogP contribution in [-0.4, -0.2) is 39.2 Å². The number of anilines is 1. The average Bonchev–Trinajstić information content (AvgIpc) is 3.33. The molecule has 4 N–H and O–H groups in total. The van der Waals surface area contributed by atoms with E-state index in [-0.39, 0.29) is 12.3 Å². The number of primary amides is 1. The Morgan fingerprint density at radius 3 is 2.51 bits per heavy atom. The zero-order chi connectivity index (χ0) is 26.2. The van der Waals surface area contributed by atoms with Crippen LogP contribution in [0.25, 0.3) is 16.9 Å². The minimum atomic E-state index is -0.763. The number of halogens is 2. The number of aromatic nitrogens is 3. The maximum atomic E-state index is 12.5. The quantitative estimate of drug-likeness (QED) is 0.241. The number of rotatable bonds is 11. The molecule has 0 saturated carbocycles. The second-order valence-electron chi connectivity index (χ2n) is 8.41. The molecule has 2 amide bonds. The molecule has 0 radical (unpaired) electrons. The van der Waals surface area contributed by atoms with Gasteiger partial charge < -0.3 is 16.4 Å². The van der Waals surface area contributed by atoms with Gasteiger partial charge in [0.15, 0.2) is 0 Å². The number of carbonyl (C=O) groups is 2. The van der Waals surface area contributed by atoms with Crippen LogP contribution in [0.3, 0.4) is 0 Å². The second kappa shape index (κ2) is 12.4. The molecule has 0 aliphatic carbocycles. The lowest BCUT2D eigenvalue weighted by molar-refractivity contribution is -0.127. The van der Waals surface area contributed by atoms with E-state index >= 15 is 0 Å². The predicted molar refractivity (Wildman–Crippen MR) is 146 cm³/mol. The molecule has 10 heteroatoms. The summed E-state index contributed by atoms with van der Waals surface area (Å²) in [5, 5.41) is 11.7. The molecule has 4 aromatic rings. The Hall–Kier alpha value is -3.88. The topological polar surface area (TPSA) is 115 Å². The molecule has 0 bridgehead atoms. The van der Waals surface area contributed by atoms with Gasteiger partial charge in [0.25, 0.3) is 0 Å². The van der Waals surface area contributed by atoms with Crippen LogP contribution in [-0.2, 0) is 16.0 Å². The van der Waals surface area contributed by atoms with Gasteiger partial charge in [0.2, 0.25) is 11.8 Å². The predicted octanol–water partition coefficient (Wildman–Crippen LogP) is 4.65. The summed E-state index contributed by atoms with van der Waals surface area (Å²) in [5.74, 6) is -0.0869. The monoisotopic (exact) mass is 536 g/mol. The molecule has 2 aromatic heterocycles. The molecule has 0 aliphatic rings. The summed E-state index contributed by atoms with van der Waals surface area (Å²) < 4.78 is 1.73. The molecule has 0 saturated heterocycles. The zero-order valence-corrected chi connectivity index (χ0v) is 21.4. The summed E-state index contributed by atoms with van der Waals surface area (Å²) >= 11 is 12.3. The highest BCUT2D eigenvalue weighted by Crippen LogP contribution is 2.28. The Labute approximate surface area is 224 Å². The lowest BCUT2D eigenvalue weighted by atomic mass is 10.1. The number of carbonyl (C=O) groups excluding carboxylic acids is 2. The second-order valence-corrected chi connectivity index (χ2v) is 9.22. The van der Waals surface area contributed by atoms with Gasteiger partial charge >= 0.3 is 0 Å². The van der Waals surface area contributed by atoms with E-state index in [0.717, 1.165) is 28.3 Å². The van der Waals surface area contributed by atoms with Gasteiger partial charge in [0.05, 0.1) is 21.4 Å². The molecule has 0 aliphatic heterocycles. The SMILES string of the molecule is NC(=O)[C@H](Cc1ccccc1)NC(=O)CCCNc1cc(-c2cccnc2)nn1-c1ccc(Cl)c(Cl)c1. The van der Waals surface area contributed by atoms with Crippen LogP contribution in [0.2, 0.25) is 10.0 Å². The van der Waals surface area contributed by atoms with Crippen molar-refractivity contribution in [1.82, 2.24) is 20.1 Å². The van der Waals surface area contributed by atoms with Crippen LogP contribution < -0.4 is 16.4 Å². The summed E-state index contributed by atoms with van der Waals surface area (Å²) in [6.07, 6.45) is 4.53. The van der Waals surface area contributed by atoms with Gasteiger partial charge in [-0.1, -0.05) is 53.5 Å². The maximum Gasteiger partial charge on any atom is 0.240 e. The van der Waals surface area contributed by atoms with Crippen molar-refractivity contribution in [2.24, 2.45) is 5.73 Å². The van der Waals surface area contributed by atoms with Crippen molar-refractivity contribution in [3.63, 3.8) is 0 Å². The van der Waals surface area contributed by atoms with Crippen LogP contribution >= 0.6 is 23.2 Å². The molecule has 4 rings (SSSR count). The highest BCUT2D eigenvalue weighted by molar-refractivity contribution is 6.42. The van der Waals surface area contributed by atoms with E-state index < -0.39 is 11.9 Å². The molecule has 2 aromatic carbocycles. The number of pyridine rings is 1. The van der Waals surface area contributed by atoms with Crippen molar-refractivity contribution in [2.75, 3.05) is 11.9 Å². The van der Waals surface area contributed by atoms with Gasteiger partial charge in [-0.15, -0.1) is 0 Å². The van der Waals surface area contributed by atoms with Gasteiger partial charge in [-0.25, -0.2) is 4.68 Å². The fraction of sp³-hybridized carbons (Fsp3) is 0.185. The number of amides is 2. The number of nitrogens with one attached hydrogen (secondary N) is 2. The van der Waals surface area contributed by atoms with E-state index in [1.165, 1.54) is 0 Å². The van der Waals surface area contributed by atoms with Crippen molar-refractivity contribution < 1.29 is 9.59 Å². The third-order valence-electron chi connectivity index (χ3n) is 5.66. The van der Waals surface area contributed by atoms with Gasteiger partial charge in [0.1, 0.15) is 11.9 Å². The minimum Gasteiger partial charge on any atom is -0.370 e. The first-order valence-electron chi connectivity index (χ1n) is 11.7. The van der Waals surface area contributed by atoms with Crippen LogP contribution in [0.1, 0.15) is 18.4 Å². The van der Waals surface area contributed by atoms with Crippen LogP contribution in [0, 0.1) is 0 Å². The van der Waals surface area contributed by atoms with Crippen LogP contribution in [0.5, 0.6) is 0 Å². The van der Waals surface area contributed by atoms with E-state index in [2.05, 4.69) is 15.6 Å². The van der Waals surface area contributed by atoms with E-state index in [1.807, 2.05) is 54.6 Å². The molecule has 0 spiro atoms. The third kappa shape index (κ3) is 7.09. The Bertz CT molecular complexity index is 1360. The molecule has 0 fully saturated rings. The number of nitrogens with zero attached hydrogens (tertiary/aromatic N) is 3. The Morgan fingerprint density at radius 2 is 1.81 bits per heavy atom. The van der Waals surface area contributed by atoms with Gasteiger partial charge in [-0.3, -0.25) is 14.6 Å². The Morgan fingerprint density at radius 1 is 1.00 bits per heavy atom. The molecule has 0 unspecified atom stereocenters. The first kappa shape index (κ1) is 26.2. The molecule has 37 heavy (non-hydrogen) atoms. The van der Waals surface area contributed by atoms with Gasteiger partial charge in [-0.05, 0) is 42.3 Å². The van der Waals surface area contributed by atoms with Gasteiger partial charge in [-0.2, -0.15) is 5.10 Å². The van der Waals surface area contributed by atoms with E-state index in [4.69, 9.17) is 34.0 Å². The maximum absolute atomic E-state index is 12.5. The summed E-state index contributed by atoms with van der Waals surface area (Å²) in [6.45, 7) is 0.493. The molecule has 2 heterocycles. The van der Waals surface area contributed by atoms with Crippen molar-refractivity contribution in [1.29, 1.82) is 0 Å². The first-order chi connectivity index (χ1) is 17.9. The molecule has 1 atom stereocenters. The standard InChI is InChI=1S/C27H26Cl2N6O2/c28-21-11-10-20(15-22(21)29)35-25(16-23(34-35)19-8-4-12-31-17-19)32-13-5-9-26(36)33-24(27(30)37)14-18-6-2-1-3-7-18/h1-4,6-8,10-12,15-17,24,32H,5,9,13-14H2,(H2,30,37)(H,33,36)/t24-/m0/s1. The van der Waals surface area contributed by atoms with Crippen molar-refractivity contribution in [2.45, 2.75) is 25.3 Å². The van der Waals surface area contributed by atoms with E-state index in [9.17, 15) is 9.59 Å². The zero-order valence-electron chi connectivity index (χ0n) is 19.9. The number of hydrogen-bond donors (Lipinski definition) is 3. The molecular formula is C27H26Cl2N6O2. The van der Waals surface area contributed by atoms with E-state index in [0.29, 0.717) is 29.4 Å². The highest BCUT2D eigenvalue weighted by atomic mass is 35.5. The van der Waals surface area contributed by atoms with Gasteiger partial charge in [0, 0.05) is 43.4 Å². The first-order valence-corrected chi connectivity index (χ1v) is 12.5. The summed E-state index contributed by atoms with van der Waals surface area (Å²) in [5.41, 5.74) is 8.75. The normalized spacial score (nSPS) is 11.6. The molecule has 8 nitrogen and oxygen atoms in total. The lowest BCUT2D eigenvalue weighted by Crippen LogP contribution is -2.45. The fourth-order valence-electron chi connectivity index (χ4n) is 3.78. The number of nitrogens with two attached hydrogens (primary N) is 1. The smallest absolute Gasteiger partial charge is 0.240 e. The van der Waals surface area contributed by atoms with Crippen LogP contribution in [0.15, 0.2) is 79.1 Å². The number of benzene rings is 2. The minimum absolute atomic E-state index is 0.224. The van der Waals surface area contributed by atoms with Crippen molar-refractivity contribution >= 4 is 40.8 Å². The number of hydrogen-bond acceptors (Lipinski definition) is 5.